The molecule has 25 heavy (non-hydrogen) atoms. The van der Waals surface area contributed by atoms with Crippen LogP contribution in [0, 0.1) is 0 Å². The highest BCUT2D eigenvalue weighted by atomic mass is 16.5. The maximum atomic E-state index is 13.1. The van der Waals surface area contributed by atoms with Gasteiger partial charge in [-0.2, -0.15) is 0 Å². The number of rotatable bonds is 2. The number of carbonyl (C=O) groups excluding carboxylic acids is 1. The van der Waals surface area contributed by atoms with Crippen LogP contribution in [-0.4, -0.2) is 32.0 Å². The second-order valence-electron chi connectivity index (χ2n) is 6.53. The third-order valence-corrected chi connectivity index (χ3v) is 5.14. The zero-order valence-corrected chi connectivity index (χ0v) is 13.5. The molecule has 0 radical (unpaired) electrons. The van der Waals surface area contributed by atoms with Crippen LogP contribution in [0.15, 0.2) is 53.4 Å². The van der Waals surface area contributed by atoms with Gasteiger partial charge in [-0.1, -0.05) is 35.5 Å². The predicted octanol–water partition coefficient (Wildman–Crippen LogP) is 3.03. The van der Waals surface area contributed by atoms with Crippen molar-refractivity contribution in [1.29, 1.82) is 0 Å². The van der Waals surface area contributed by atoms with E-state index in [1.54, 1.807) is 12.4 Å². The van der Waals surface area contributed by atoms with E-state index in [0.29, 0.717) is 11.5 Å². The topological polar surface area (TPSA) is 72.1 Å². The summed E-state index contributed by atoms with van der Waals surface area (Å²) in [5.41, 5.74) is 3.40. The molecule has 2 atom stereocenters. The summed E-state index contributed by atoms with van der Waals surface area (Å²) in [6.07, 6.45) is 6.13. The van der Waals surface area contributed by atoms with E-state index in [1.165, 1.54) is 0 Å². The van der Waals surface area contributed by atoms with Gasteiger partial charge in [0.15, 0.2) is 11.5 Å². The molecule has 0 aliphatic carbocycles. The molecule has 6 heteroatoms. The molecule has 2 unspecified atom stereocenters. The van der Waals surface area contributed by atoms with E-state index < -0.39 is 0 Å². The Kier molecular flexibility index (Phi) is 3.16. The smallest absolute Gasteiger partial charge is 0.276 e. The van der Waals surface area contributed by atoms with Gasteiger partial charge in [-0.05, 0) is 12.8 Å². The molecular formula is C19H16N4O2. The lowest BCUT2D eigenvalue weighted by molar-refractivity contribution is 0.0633. The fourth-order valence-corrected chi connectivity index (χ4v) is 3.98. The number of benzene rings is 1. The van der Waals surface area contributed by atoms with Crippen LogP contribution in [0.4, 0.5) is 0 Å². The highest BCUT2D eigenvalue weighted by molar-refractivity contribution is 5.94. The van der Waals surface area contributed by atoms with E-state index in [1.807, 2.05) is 41.4 Å². The third-order valence-electron chi connectivity index (χ3n) is 5.14. The second-order valence-corrected chi connectivity index (χ2v) is 6.53. The summed E-state index contributed by atoms with van der Waals surface area (Å²) in [4.78, 5) is 23.5. The molecule has 1 aromatic carbocycles. The Morgan fingerprint density at radius 2 is 2.08 bits per heavy atom. The Morgan fingerprint density at radius 3 is 2.96 bits per heavy atom. The van der Waals surface area contributed by atoms with Gasteiger partial charge in [0, 0.05) is 35.9 Å². The van der Waals surface area contributed by atoms with Crippen molar-refractivity contribution in [3.05, 3.63) is 65.9 Å². The van der Waals surface area contributed by atoms with E-state index in [9.17, 15) is 4.79 Å². The molecular weight excluding hydrogens is 316 g/mol. The number of amides is 1. The van der Waals surface area contributed by atoms with Crippen molar-refractivity contribution in [3.63, 3.8) is 0 Å². The van der Waals surface area contributed by atoms with Crippen molar-refractivity contribution < 1.29 is 9.32 Å². The molecule has 2 aromatic heterocycles. The van der Waals surface area contributed by atoms with Gasteiger partial charge >= 0.3 is 0 Å². The molecule has 3 aromatic rings. The van der Waals surface area contributed by atoms with Crippen LogP contribution in [-0.2, 0) is 6.42 Å². The van der Waals surface area contributed by atoms with E-state index in [4.69, 9.17) is 4.52 Å². The summed E-state index contributed by atoms with van der Waals surface area (Å²) in [7, 11) is 0. The van der Waals surface area contributed by atoms with E-state index >= 15 is 0 Å². The minimum absolute atomic E-state index is 0.0410. The van der Waals surface area contributed by atoms with Crippen LogP contribution in [0.1, 0.15) is 40.6 Å². The second kappa shape index (κ2) is 5.51. The van der Waals surface area contributed by atoms with Crippen molar-refractivity contribution >= 4 is 5.91 Å². The van der Waals surface area contributed by atoms with Crippen LogP contribution in [0.25, 0.3) is 11.3 Å². The largest absolute Gasteiger partial charge is 0.355 e. The van der Waals surface area contributed by atoms with Crippen LogP contribution in [0.3, 0.4) is 0 Å². The third kappa shape index (κ3) is 2.25. The van der Waals surface area contributed by atoms with Gasteiger partial charge in [-0.25, -0.2) is 9.97 Å². The number of fused-ring (bicyclic) bond motifs is 4. The zero-order chi connectivity index (χ0) is 16.8. The molecule has 6 nitrogen and oxygen atoms in total. The molecule has 124 valence electrons. The quantitative estimate of drug-likeness (QED) is 0.721. The number of aromatic nitrogens is 3. The lowest BCUT2D eigenvalue weighted by Gasteiger charge is -2.34. The fraction of sp³-hybridized carbons (Fsp3) is 0.263. The molecule has 2 aliphatic rings. The Bertz CT molecular complexity index is 937. The first-order valence-electron chi connectivity index (χ1n) is 8.45. The number of hydrogen-bond acceptors (Lipinski definition) is 5. The SMILES string of the molecule is O=C(c1cc(-c2ccccc2)on1)N1C2CCC1c1cncnc1C2. The summed E-state index contributed by atoms with van der Waals surface area (Å²) in [5, 5.41) is 4.02. The molecule has 2 bridgehead atoms. The maximum Gasteiger partial charge on any atom is 0.276 e. The number of hydrogen-bond donors (Lipinski definition) is 0. The lowest BCUT2D eigenvalue weighted by atomic mass is 9.99. The Labute approximate surface area is 144 Å². The van der Waals surface area contributed by atoms with E-state index in [0.717, 1.165) is 36.1 Å². The number of nitrogens with zero attached hydrogens (tertiary/aromatic N) is 4. The number of carbonyl (C=O) groups is 1. The molecule has 0 N–H and O–H groups in total. The van der Waals surface area contributed by atoms with Gasteiger partial charge in [0.05, 0.1) is 11.7 Å². The van der Waals surface area contributed by atoms with Gasteiger partial charge in [0.25, 0.3) is 5.91 Å². The van der Waals surface area contributed by atoms with E-state index in [2.05, 4.69) is 15.1 Å². The van der Waals surface area contributed by atoms with Gasteiger partial charge in [-0.15, -0.1) is 0 Å². The van der Waals surface area contributed by atoms with Gasteiger partial charge in [-0.3, -0.25) is 4.79 Å². The molecule has 0 saturated carbocycles. The summed E-state index contributed by atoms with van der Waals surface area (Å²) in [6.45, 7) is 0. The molecule has 5 rings (SSSR count). The van der Waals surface area contributed by atoms with Crippen molar-refractivity contribution in [2.75, 3.05) is 0 Å². The minimum Gasteiger partial charge on any atom is -0.355 e. The van der Waals surface area contributed by atoms with Gasteiger partial charge in [0.2, 0.25) is 0 Å². The molecule has 2 aliphatic heterocycles. The van der Waals surface area contributed by atoms with E-state index in [-0.39, 0.29) is 18.0 Å². The molecule has 1 saturated heterocycles. The highest BCUT2D eigenvalue weighted by Gasteiger charge is 2.44. The van der Waals surface area contributed by atoms with Crippen LogP contribution in [0.2, 0.25) is 0 Å². The van der Waals surface area contributed by atoms with Gasteiger partial charge < -0.3 is 9.42 Å². The van der Waals surface area contributed by atoms with Crippen molar-refractivity contribution in [2.45, 2.75) is 31.3 Å². The summed E-state index contributed by atoms with van der Waals surface area (Å²) in [6, 6.07) is 11.6. The van der Waals surface area contributed by atoms with Crippen molar-refractivity contribution in [3.8, 4) is 11.3 Å². The predicted molar refractivity (Wildman–Crippen MR) is 89.6 cm³/mol. The maximum absolute atomic E-state index is 13.1. The first-order valence-corrected chi connectivity index (χ1v) is 8.45. The highest BCUT2D eigenvalue weighted by Crippen LogP contribution is 2.43. The minimum atomic E-state index is -0.0760. The Hall–Kier alpha value is -3.02. The summed E-state index contributed by atoms with van der Waals surface area (Å²) >= 11 is 0. The molecule has 1 fully saturated rings. The Morgan fingerprint density at radius 1 is 1.20 bits per heavy atom. The Balaban J connectivity index is 1.47. The summed E-state index contributed by atoms with van der Waals surface area (Å²) in [5.74, 6) is 0.532. The average molecular weight is 332 g/mol. The normalized spacial score (nSPS) is 21.2. The standard InChI is InChI=1S/C19H16N4O2/c24-19(16-9-18(25-22-16)12-4-2-1-3-5-12)23-13-6-7-17(23)14-10-20-11-21-15(14)8-13/h1-5,9-11,13,17H,6-8H2. The average Bonchev–Trinajstić information content (AvgIpc) is 3.27. The first kappa shape index (κ1) is 14.3. The fourth-order valence-electron chi connectivity index (χ4n) is 3.98. The molecule has 0 spiro atoms. The van der Waals surface area contributed by atoms with Crippen LogP contribution < -0.4 is 0 Å². The monoisotopic (exact) mass is 332 g/mol. The van der Waals surface area contributed by atoms with Crippen molar-refractivity contribution in [1.82, 2.24) is 20.0 Å². The molecule has 4 heterocycles. The van der Waals surface area contributed by atoms with Crippen molar-refractivity contribution in [2.24, 2.45) is 0 Å². The summed E-state index contributed by atoms with van der Waals surface area (Å²) < 4.78 is 5.40. The van der Waals surface area contributed by atoms with Gasteiger partial charge in [0.1, 0.15) is 6.33 Å². The lowest BCUT2D eigenvalue weighted by Crippen LogP contribution is -2.42. The first-order chi connectivity index (χ1) is 12.3. The molecule has 1 amide bonds. The zero-order valence-electron chi connectivity index (χ0n) is 13.5. The van der Waals surface area contributed by atoms with Crippen LogP contribution in [0.5, 0.6) is 0 Å². The van der Waals surface area contributed by atoms with Crippen LogP contribution >= 0.6 is 0 Å².